The van der Waals surface area contributed by atoms with Gasteiger partial charge in [0.25, 0.3) is 0 Å². The Bertz CT molecular complexity index is 508. The van der Waals surface area contributed by atoms with Crippen LogP contribution in [0.25, 0.3) is 0 Å². The van der Waals surface area contributed by atoms with Crippen LogP contribution in [0, 0.1) is 5.92 Å². The van der Waals surface area contributed by atoms with E-state index in [4.69, 9.17) is 10.5 Å². The molecule has 1 heterocycles. The van der Waals surface area contributed by atoms with Crippen LogP contribution in [-0.2, 0) is 16.1 Å². The van der Waals surface area contributed by atoms with Crippen LogP contribution in [0.15, 0.2) is 24.3 Å². The highest BCUT2D eigenvalue weighted by molar-refractivity contribution is 5.85. The molecule has 0 bridgehead atoms. The summed E-state index contributed by atoms with van der Waals surface area (Å²) in [6.45, 7) is 7.66. The van der Waals surface area contributed by atoms with Crippen LogP contribution in [0.3, 0.4) is 0 Å². The van der Waals surface area contributed by atoms with Crippen molar-refractivity contribution in [3.05, 3.63) is 29.8 Å². The van der Waals surface area contributed by atoms with E-state index in [0.29, 0.717) is 6.54 Å². The summed E-state index contributed by atoms with van der Waals surface area (Å²) in [5, 5.41) is 0. The molecule has 1 fully saturated rings. The number of para-hydroxylation sites is 1. The molecule has 1 aromatic carbocycles. The number of nitrogens with two attached hydrogens (primary N) is 1. The number of nitrogens with zero attached hydrogens (tertiary/aromatic N) is 2. The predicted molar refractivity (Wildman–Crippen MR) is 103 cm³/mol. The fraction of sp³-hybridized carbons (Fsp3) is 0.588. The number of hydrogen-bond donors (Lipinski definition) is 1. The lowest BCUT2D eigenvalue weighted by molar-refractivity contribution is -0.134. The van der Waals surface area contributed by atoms with Gasteiger partial charge in [0, 0.05) is 38.4 Å². The molecule has 1 aliphatic heterocycles. The van der Waals surface area contributed by atoms with Crippen LogP contribution < -0.4 is 10.6 Å². The topological polar surface area (TPSA) is 58.8 Å². The van der Waals surface area contributed by atoms with E-state index < -0.39 is 0 Å². The van der Waals surface area contributed by atoms with Crippen LogP contribution in [0.2, 0.25) is 0 Å². The van der Waals surface area contributed by atoms with E-state index in [1.807, 2.05) is 33.0 Å². The molecule has 2 atom stereocenters. The molecular formula is C17H29Cl2N3O2. The largest absolute Gasteiger partial charge is 0.378 e. The molecule has 0 aromatic heterocycles. The number of benzene rings is 1. The summed E-state index contributed by atoms with van der Waals surface area (Å²) >= 11 is 0. The zero-order valence-corrected chi connectivity index (χ0v) is 16.2. The number of carbonyl (C=O) groups excluding carboxylic acids is 1. The number of morpholine rings is 1. The molecule has 2 N–H and O–H groups in total. The molecule has 0 radical (unpaired) electrons. The van der Waals surface area contributed by atoms with Gasteiger partial charge >= 0.3 is 0 Å². The van der Waals surface area contributed by atoms with Gasteiger partial charge in [-0.25, -0.2) is 0 Å². The fourth-order valence-electron chi connectivity index (χ4n) is 2.66. The summed E-state index contributed by atoms with van der Waals surface area (Å²) in [6, 6.07) is 8.14. The van der Waals surface area contributed by atoms with Gasteiger partial charge in [0.15, 0.2) is 0 Å². The Hall–Kier alpha value is -1.01. The van der Waals surface area contributed by atoms with E-state index in [-0.39, 0.29) is 42.7 Å². The Morgan fingerprint density at radius 2 is 1.83 bits per heavy atom. The van der Waals surface area contributed by atoms with Gasteiger partial charge in [-0.05, 0) is 18.6 Å². The first-order valence-electron chi connectivity index (χ1n) is 7.92. The van der Waals surface area contributed by atoms with Crippen LogP contribution in [0.4, 0.5) is 5.69 Å². The van der Waals surface area contributed by atoms with Crippen molar-refractivity contribution in [1.82, 2.24) is 4.90 Å². The van der Waals surface area contributed by atoms with E-state index in [9.17, 15) is 4.79 Å². The van der Waals surface area contributed by atoms with Crippen molar-refractivity contribution in [2.24, 2.45) is 11.7 Å². The molecule has 1 aromatic rings. The molecule has 0 aliphatic carbocycles. The first-order chi connectivity index (χ1) is 10.5. The normalized spacial score (nSPS) is 16.4. The van der Waals surface area contributed by atoms with Crippen molar-refractivity contribution >= 4 is 36.4 Å². The Labute approximate surface area is 157 Å². The molecule has 1 saturated heterocycles. The van der Waals surface area contributed by atoms with Gasteiger partial charge in [-0.3, -0.25) is 4.79 Å². The minimum Gasteiger partial charge on any atom is -0.378 e. The number of rotatable bonds is 5. The highest BCUT2D eigenvalue weighted by Gasteiger charge is 2.22. The van der Waals surface area contributed by atoms with E-state index in [1.165, 1.54) is 5.69 Å². The lowest BCUT2D eigenvalue weighted by atomic mass is 10.0. The predicted octanol–water partition coefficient (Wildman–Crippen LogP) is 2.31. The van der Waals surface area contributed by atoms with Crippen molar-refractivity contribution in [1.29, 1.82) is 0 Å². The monoisotopic (exact) mass is 377 g/mol. The highest BCUT2D eigenvalue weighted by Crippen LogP contribution is 2.23. The van der Waals surface area contributed by atoms with Gasteiger partial charge in [0.05, 0.1) is 19.1 Å². The van der Waals surface area contributed by atoms with E-state index in [1.54, 1.807) is 4.90 Å². The second-order valence-corrected chi connectivity index (χ2v) is 6.07. The van der Waals surface area contributed by atoms with Gasteiger partial charge < -0.3 is 20.3 Å². The maximum Gasteiger partial charge on any atom is 0.226 e. The number of carbonyl (C=O) groups is 1. The van der Waals surface area contributed by atoms with E-state index in [2.05, 4.69) is 17.0 Å². The van der Waals surface area contributed by atoms with Crippen LogP contribution in [0.5, 0.6) is 0 Å². The summed E-state index contributed by atoms with van der Waals surface area (Å²) in [4.78, 5) is 16.5. The minimum absolute atomic E-state index is 0. The third-order valence-electron chi connectivity index (χ3n) is 4.31. The number of hydrogen-bond acceptors (Lipinski definition) is 4. The second kappa shape index (κ2) is 10.8. The zero-order chi connectivity index (χ0) is 16.1. The molecule has 0 spiro atoms. The number of amides is 1. The minimum atomic E-state index is -0.166. The third-order valence-corrected chi connectivity index (χ3v) is 4.31. The molecule has 5 nitrogen and oxygen atoms in total. The Kier molecular flexibility index (Phi) is 10.3. The SMILES string of the molecule is CC(N)C(C)C(=O)N(C)Cc1ccccc1N1CCOCC1.Cl.Cl. The van der Waals surface area contributed by atoms with Crippen LogP contribution in [-0.4, -0.2) is 50.2 Å². The zero-order valence-electron chi connectivity index (χ0n) is 14.6. The molecule has 1 amide bonds. The first kappa shape index (κ1) is 23.0. The quantitative estimate of drug-likeness (QED) is 0.854. The lowest BCUT2D eigenvalue weighted by Gasteiger charge is -2.32. The Morgan fingerprint density at radius 3 is 2.42 bits per heavy atom. The molecule has 138 valence electrons. The maximum atomic E-state index is 12.4. The molecule has 2 unspecified atom stereocenters. The summed E-state index contributed by atoms with van der Waals surface area (Å²) in [5.41, 5.74) is 8.20. The van der Waals surface area contributed by atoms with Gasteiger partial charge in [-0.15, -0.1) is 24.8 Å². The van der Waals surface area contributed by atoms with Crippen molar-refractivity contribution in [2.75, 3.05) is 38.3 Å². The Balaban J connectivity index is 0.00000264. The second-order valence-electron chi connectivity index (χ2n) is 6.07. The van der Waals surface area contributed by atoms with Gasteiger partial charge in [0.2, 0.25) is 5.91 Å². The smallest absolute Gasteiger partial charge is 0.226 e. The van der Waals surface area contributed by atoms with Crippen molar-refractivity contribution < 1.29 is 9.53 Å². The molecule has 7 heteroatoms. The van der Waals surface area contributed by atoms with Crippen LogP contribution >= 0.6 is 24.8 Å². The average molecular weight is 378 g/mol. The standard InChI is InChI=1S/C17H27N3O2.2ClH/c1-13(14(2)18)17(21)19(3)12-15-6-4-5-7-16(15)20-8-10-22-11-9-20;;/h4-7,13-14H,8-12,18H2,1-3H3;2*1H. The fourth-order valence-corrected chi connectivity index (χ4v) is 2.66. The van der Waals surface area contributed by atoms with Crippen LogP contribution in [0.1, 0.15) is 19.4 Å². The average Bonchev–Trinajstić information content (AvgIpc) is 2.54. The lowest BCUT2D eigenvalue weighted by Crippen LogP contribution is -2.40. The van der Waals surface area contributed by atoms with Gasteiger partial charge in [-0.2, -0.15) is 0 Å². The van der Waals surface area contributed by atoms with Crippen molar-refractivity contribution in [3.63, 3.8) is 0 Å². The Morgan fingerprint density at radius 1 is 1.25 bits per heavy atom. The molecule has 0 saturated carbocycles. The summed E-state index contributed by atoms with van der Waals surface area (Å²) < 4.78 is 5.42. The van der Waals surface area contributed by atoms with Gasteiger partial charge in [-0.1, -0.05) is 25.1 Å². The summed E-state index contributed by atoms with van der Waals surface area (Å²) in [5.74, 6) is -0.0765. The van der Waals surface area contributed by atoms with Crippen molar-refractivity contribution in [3.8, 4) is 0 Å². The number of halogens is 2. The number of anilines is 1. The third kappa shape index (κ3) is 5.81. The molecule has 2 rings (SSSR count). The molecular weight excluding hydrogens is 349 g/mol. The summed E-state index contributed by atoms with van der Waals surface area (Å²) in [6.07, 6.45) is 0. The van der Waals surface area contributed by atoms with Crippen molar-refractivity contribution in [2.45, 2.75) is 26.4 Å². The number of ether oxygens (including phenoxy) is 1. The van der Waals surface area contributed by atoms with E-state index in [0.717, 1.165) is 31.9 Å². The summed E-state index contributed by atoms with van der Waals surface area (Å²) in [7, 11) is 1.84. The van der Waals surface area contributed by atoms with E-state index >= 15 is 0 Å². The first-order valence-corrected chi connectivity index (χ1v) is 7.92. The molecule has 1 aliphatic rings. The van der Waals surface area contributed by atoms with Gasteiger partial charge in [0.1, 0.15) is 0 Å². The molecule has 24 heavy (non-hydrogen) atoms. The maximum absolute atomic E-state index is 12.4. The highest BCUT2D eigenvalue weighted by atomic mass is 35.5.